The van der Waals surface area contributed by atoms with Gasteiger partial charge in [-0.25, -0.2) is 0 Å². The average molecular weight is 466 g/mol. The van der Waals surface area contributed by atoms with E-state index in [2.05, 4.69) is 16.0 Å². The van der Waals surface area contributed by atoms with Crippen LogP contribution in [0.2, 0.25) is 0 Å². The van der Waals surface area contributed by atoms with Crippen molar-refractivity contribution in [3.8, 4) is 28.3 Å². The van der Waals surface area contributed by atoms with Crippen LogP contribution in [-0.2, 0) is 6.61 Å². The van der Waals surface area contributed by atoms with E-state index < -0.39 is 0 Å². The van der Waals surface area contributed by atoms with E-state index in [0.717, 1.165) is 56.3 Å². The molecule has 0 radical (unpaired) electrons. The fourth-order valence-electron chi connectivity index (χ4n) is 4.32. The summed E-state index contributed by atoms with van der Waals surface area (Å²) in [5.74, 6) is 2.43. The summed E-state index contributed by atoms with van der Waals surface area (Å²) in [7, 11) is 3.33. The largest absolute Gasteiger partial charge is 0.497 e. The highest BCUT2D eigenvalue weighted by atomic mass is 16.5. The molecule has 1 aromatic heterocycles. The molecule has 0 fully saturated rings. The van der Waals surface area contributed by atoms with Crippen LogP contribution in [0.3, 0.4) is 0 Å². The molecule has 35 heavy (non-hydrogen) atoms. The highest BCUT2D eigenvalue weighted by Gasteiger charge is 2.21. The van der Waals surface area contributed by atoms with E-state index in [9.17, 15) is 5.11 Å². The highest BCUT2D eigenvalue weighted by Crippen LogP contribution is 2.44. The number of aliphatic hydroxyl groups excluding tert-OH is 1. The fraction of sp³-hybridized carbons (Fsp3) is 0.103. The van der Waals surface area contributed by atoms with Gasteiger partial charge < -0.3 is 25.6 Å². The van der Waals surface area contributed by atoms with Gasteiger partial charge in [0.25, 0.3) is 0 Å². The van der Waals surface area contributed by atoms with Crippen LogP contribution in [0.5, 0.6) is 11.5 Å². The second-order valence-corrected chi connectivity index (χ2v) is 8.21. The molecule has 4 N–H and O–H groups in total. The van der Waals surface area contributed by atoms with Crippen LogP contribution in [0.15, 0.2) is 91.0 Å². The zero-order chi connectivity index (χ0) is 24.4. The van der Waals surface area contributed by atoms with Crippen LogP contribution in [0, 0.1) is 0 Å². The molecule has 6 nitrogen and oxygen atoms in total. The number of hydrogen-bond acceptors (Lipinski definition) is 5. The third-order valence-electron chi connectivity index (χ3n) is 6.14. The third kappa shape index (κ3) is 4.16. The Morgan fingerprint density at radius 1 is 0.829 bits per heavy atom. The summed E-state index contributed by atoms with van der Waals surface area (Å²) in [4.78, 5) is 0. The van der Waals surface area contributed by atoms with Crippen LogP contribution in [0.1, 0.15) is 5.56 Å². The first-order valence-electron chi connectivity index (χ1n) is 11.3. The van der Waals surface area contributed by atoms with E-state index >= 15 is 0 Å². The molecule has 0 aliphatic heterocycles. The second-order valence-electron chi connectivity index (χ2n) is 8.21. The topological polar surface area (TPSA) is 81.7 Å². The second kappa shape index (κ2) is 9.44. The number of fused-ring (bicyclic) bond motifs is 1. The summed E-state index contributed by atoms with van der Waals surface area (Å²) < 4.78 is 13.1. The molecule has 5 aromatic rings. The zero-order valence-electron chi connectivity index (χ0n) is 19.7. The Hall–Kier alpha value is -4.42. The van der Waals surface area contributed by atoms with Crippen LogP contribution >= 0.6 is 0 Å². The van der Waals surface area contributed by atoms with Gasteiger partial charge in [-0.2, -0.15) is 0 Å². The van der Waals surface area contributed by atoms with Gasteiger partial charge in [-0.15, -0.1) is 0 Å². The minimum absolute atomic E-state index is 0.00728. The lowest BCUT2D eigenvalue weighted by molar-refractivity contribution is 0.282. The molecule has 0 unspecified atom stereocenters. The summed E-state index contributed by atoms with van der Waals surface area (Å²) in [6.07, 6.45) is 0. The van der Waals surface area contributed by atoms with Crippen molar-refractivity contribution in [1.29, 1.82) is 0 Å². The number of para-hydroxylation sites is 2. The van der Waals surface area contributed by atoms with Gasteiger partial charge in [0.05, 0.1) is 37.7 Å². The molecule has 0 aliphatic carbocycles. The van der Waals surface area contributed by atoms with Crippen molar-refractivity contribution in [2.45, 2.75) is 6.61 Å². The Labute approximate surface area is 204 Å². The van der Waals surface area contributed by atoms with E-state index in [1.165, 1.54) is 0 Å². The molecule has 6 heteroatoms. The molecule has 0 saturated heterocycles. The molecule has 1 heterocycles. The van der Waals surface area contributed by atoms with Crippen LogP contribution in [0.4, 0.5) is 17.2 Å². The van der Waals surface area contributed by atoms with Crippen molar-refractivity contribution in [2.24, 2.45) is 0 Å². The quantitative estimate of drug-likeness (QED) is 0.252. The zero-order valence-corrected chi connectivity index (χ0v) is 19.7. The predicted molar refractivity (Wildman–Crippen MR) is 142 cm³/mol. The number of nitrogens with two attached hydrogens (primary N) is 1. The van der Waals surface area contributed by atoms with Gasteiger partial charge in [0, 0.05) is 16.6 Å². The van der Waals surface area contributed by atoms with Gasteiger partial charge in [-0.3, -0.25) is 4.57 Å². The molecule has 0 saturated carbocycles. The maximum atomic E-state index is 9.55. The first-order valence-corrected chi connectivity index (χ1v) is 11.3. The Balaban J connectivity index is 1.84. The minimum Gasteiger partial charge on any atom is -0.497 e. The molecular weight excluding hydrogens is 438 g/mol. The van der Waals surface area contributed by atoms with Crippen LogP contribution in [-0.4, -0.2) is 23.9 Å². The van der Waals surface area contributed by atoms with Crippen LogP contribution in [0.25, 0.3) is 27.7 Å². The van der Waals surface area contributed by atoms with E-state index in [-0.39, 0.29) is 6.61 Å². The Kier molecular flexibility index (Phi) is 6.04. The number of nitrogens with zero attached hydrogens (tertiary/aromatic N) is 1. The smallest absolute Gasteiger partial charge is 0.124 e. The van der Waals surface area contributed by atoms with Gasteiger partial charge in [0.1, 0.15) is 17.3 Å². The molecule has 0 aliphatic rings. The minimum atomic E-state index is -0.00728. The fourth-order valence-corrected chi connectivity index (χ4v) is 4.32. The van der Waals surface area contributed by atoms with Crippen molar-refractivity contribution in [3.05, 3.63) is 96.6 Å². The van der Waals surface area contributed by atoms with E-state index in [1.807, 2.05) is 84.9 Å². The molecular formula is C29H27N3O3. The van der Waals surface area contributed by atoms with Crippen LogP contribution < -0.4 is 20.5 Å². The van der Waals surface area contributed by atoms with E-state index in [1.54, 1.807) is 14.2 Å². The van der Waals surface area contributed by atoms with Gasteiger partial charge in [-0.05, 0) is 65.7 Å². The highest BCUT2D eigenvalue weighted by molar-refractivity contribution is 6.06. The van der Waals surface area contributed by atoms with Crippen molar-refractivity contribution in [2.75, 3.05) is 25.3 Å². The molecule has 0 amide bonds. The Morgan fingerprint density at radius 2 is 1.51 bits per heavy atom. The van der Waals surface area contributed by atoms with Gasteiger partial charge in [0.15, 0.2) is 0 Å². The first-order chi connectivity index (χ1) is 17.1. The average Bonchev–Trinajstić information content (AvgIpc) is 3.22. The van der Waals surface area contributed by atoms with E-state index in [0.29, 0.717) is 5.69 Å². The standard InChI is InChI=1S/C29H27N3O3/c1-34-22-13-9-20(10-14-22)28-24-17-23(35-2)15-16-27(24)32(21-11-7-19(18-33)8-12-21)29(28)31-26-6-4-3-5-25(26)30/h3-17,31,33H,18,30H2,1-2H3. The summed E-state index contributed by atoms with van der Waals surface area (Å²) in [6, 6.07) is 29.6. The lowest BCUT2D eigenvalue weighted by Gasteiger charge is -2.16. The number of nitrogens with one attached hydrogen (secondary N) is 1. The van der Waals surface area contributed by atoms with Crippen molar-refractivity contribution in [1.82, 2.24) is 4.57 Å². The first kappa shape index (κ1) is 22.4. The Morgan fingerprint density at radius 3 is 2.17 bits per heavy atom. The number of rotatable bonds is 7. The number of aliphatic hydroxyl groups is 1. The number of aromatic nitrogens is 1. The predicted octanol–water partition coefficient (Wildman–Crippen LogP) is 6.13. The summed E-state index contributed by atoms with van der Waals surface area (Å²) in [5, 5.41) is 14.2. The number of benzene rings is 4. The molecule has 0 spiro atoms. The lowest BCUT2D eigenvalue weighted by atomic mass is 10.0. The summed E-state index contributed by atoms with van der Waals surface area (Å²) >= 11 is 0. The maximum absolute atomic E-state index is 9.55. The molecule has 0 atom stereocenters. The van der Waals surface area contributed by atoms with Crippen molar-refractivity contribution < 1.29 is 14.6 Å². The van der Waals surface area contributed by atoms with Crippen molar-refractivity contribution >= 4 is 28.1 Å². The van der Waals surface area contributed by atoms with Gasteiger partial charge >= 0.3 is 0 Å². The number of methoxy groups -OCH3 is 2. The number of nitrogen functional groups attached to an aromatic ring is 1. The monoisotopic (exact) mass is 465 g/mol. The third-order valence-corrected chi connectivity index (χ3v) is 6.14. The van der Waals surface area contributed by atoms with Gasteiger partial charge in [0.2, 0.25) is 0 Å². The lowest BCUT2D eigenvalue weighted by Crippen LogP contribution is -2.04. The Bertz CT molecular complexity index is 1470. The van der Waals surface area contributed by atoms with Gasteiger partial charge in [-0.1, -0.05) is 36.4 Å². The number of anilines is 3. The molecule has 5 rings (SSSR count). The molecule has 0 bridgehead atoms. The summed E-state index contributed by atoms with van der Waals surface area (Å²) in [6.45, 7) is -0.00728. The number of hydrogen-bond donors (Lipinski definition) is 3. The maximum Gasteiger partial charge on any atom is 0.124 e. The SMILES string of the molecule is COc1ccc(-c2c(Nc3ccccc3N)n(-c3ccc(CO)cc3)c3ccc(OC)cc23)cc1. The van der Waals surface area contributed by atoms with E-state index in [4.69, 9.17) is 15.2 Å². The summed E-state index contributed by atoms with van der Waals surface area (Å²) in [5.41, 5.74) is 12.6. The number of ether oxygens (including phenoxy) is 2. The normalized spacial score (nSPS) is 10.9. The molecule has 4 aromatic carbocycles. The molecule has 176 valence electrons. The van der Waals surface area contributed by atoms with Crippen molar-refractivity contribution in [3.63, 3.8) is 0 Å².